The zero-order chi connectivity index (χ0) is 7.98. The van der Waals surface area contributed by atoms with Gasteiger partial charge in [-0.2, -0.15) is 0 Å². The van der Waals surface area contributed by atoms with Crippen molar-refractivity contribution in [2.45, 2.75) is 13.8 Å². The number of hydrogen-bond donors (Lipinski definition) is 0. The molecule has 0 radical (unpaired) electrons. The van der Waals surface area contributed by atoms with Gasteiger partial charge in [0.2, 0.25) is 0 Å². The number of rotatable bonds is 2. The van der Waals surface area contributed by atoms with E-state index in [0.717, 1.165) is 0 Å². The van der Waals surface area contributed by atoms with Crippen molar-refractivity contribution in [1.82, 2.24) is 0 Å². The maximum atomic E-state index is 10.4. The molecule has 0 aliphatic rings. The molecule has 0 rings (SSSR count). The zero-order valence-corrected chi connectivity index (χ0v) is 6.05. The van der Waals surface area contributed by atoms with Crippen LogP contribution in [0.15, 0.2) is 0 Å². The Labute approximate surface area is 116 Å². The van der Waals surface area contributed by atoms with Crippen molar-refractivity contribution in [2.75, 3.05) is 13.2 Å². The molecule has 0 amide bonds. The summed E-state index contributed by atoms with van der Waals surface area (Å²) in [7, 11) is 0. The van der Waals surface area contributed by atoms with Gasteiger partial charge < -0.3 is 9.47 Å². The molecule has 0 bridgehead atoms. The van der Waals surface area contributed by atoms with Gasteiger partial charge in [-0.3, -0.25) is 0 Å². The monoisotopic (exact) mass is 194 g/mol. The average molecular weight is 194 g/mol. The van der Waals surface area contributed by atoms with Crippen molar-refractivity contribution in [3.63, 3.8) is 0 Å². The minimum atomic E-state index is -0.927. The Hall–Kier alpha value is 0.940. The third kappa shape index (κ3) is 9.03. The summed E-state index contributed by atoms with van der Waals surface area (Å²) in [5.74, 6) is -1.85. The molecule has 4 nitrogen and oxygen atoms in total. The molecule has 0 N–H and O–H groups in total. The second-order valence-corrected chi connectivity index (χ2v) is 1.44. The van der Waals surface area contributed by atoms with E-state index in [9.17, 15) is 9.59 Å². The van der Waals surface area contributed by atoms with Gasteiger partial charge in [-0.1, -0.05) is 0 Å². The molecule has 12 heavy (non-hydrogen) atoms. The van der Waals surface area contributed by atoms with Crippen LogP contribution >= 0.6 is 0 Å². The molecular weight excluding hydrogens is 182 g/mol. The Morgan fingerprint density at radius 2 is 1.17 bits per heavy atom. The summed E-state index contributed by atoms with van der Waals surface area (Å²) in [4.78, 5) is 20.9. The molecule has 0 aromatic heterocycles. The fourth-order valence-corrected chi connectivity index (χ4v) is 0.380. The second-order valence-electron chi connectivity index (χ2n) is 1.44. The fourth-order valence-electron chi connectivity index (χ4n) is 0.380. The summed E-state index contributed by atoms with van der Waals surface area (Å²) in [5, 5.41) is 0. The Balaban J connectivity index is -0.000000405. The average Bonchev–Trinajstić information content (AvgIpc) is 1.89. The normalized spacial score (nSPS) is 7.17. The van der Waals surface area contributed by atoms with E-state index in [0.29, 0.717) is 0 Å². The first-order chi connectivity index (χ1) is 4.72. The quantitative estimate of drug-likeness (QED) is 0.315. The number of hydrogen-bond acceptors (Lipinski definition) is 4. The standard InChI is InChI=1S/C6H10O4.2Na.2H/c1-3-9-5(7)6(8)10-4-2;;;;/h3-4H2,1-2H3;;;;. The molecule has 0 saturated carbocycles. The Morgan fingerprint density at radius 3 is 1.33 bits per heavy atom. The van der Waals surface area contributed by atoms with Gasteiger partial charge in [0.05, 0.1) is 13.2 Å². The predicted molar refractivity (Wildman–Crippen MR) is 47.6 cm³/mol. The summed E-state index contributed by atoms with van der Waals surface area (Å²) in [6.07, 6.45) is 0. The molecule has 0 saturated heterocycles. The maximum absolute atomic E-state index is 10.4. The summed E-state index contributed by atoms with van der Waals surface area (Å²) in [6.45, 7) is 3.63. The van der Waals surface area contributed by atoms with Gasteiger partial charge in [-0.25, -0.2) is 9.59 Å². The zero-order valence-electron chi connectivity index (χ0n) is 6.05. The third-order valence-corrected chi connectivity index (χ3v) is 0.718. The van der Waals surface area contributed by atoms with E-state index in [4.69, 9.17) is 0 Å². The molecule has 0 fully saturated rings. The molecule has 0 aliphatic carbocycles. The van der Waals surface area contributed by atoms with Crippen molar-refractivity contribution in [2.24, 2.45) is 0 Å². The van der Waals surface area contributed by atoms with Gasteiger partial charge in [0.25, 0.3) is 0 Å². The first kappa shape index (κ1) is 18.7. The predicted octanol–water partition coefficient (Wildman–Crippen LogP) is -1.18. The number of carbonyl (C=O) groups is 2. The van der Waals surface area contributed by atoms with Crippen LogP contribution in [-0.2, 0) is 19.1 Å². The molecule has 0 spiro atoms. The van der Waals surface area contributed by atoms with Crippen LogP contribution in [0.2, 0.25) is 0 Å². The molecule has 62 valence electrons. The molecule has 0 unspecified atom stereocenters. The van der Waals surface area contributed by atoms with E-state index in [1.807, 2.05) is 0 Å². The molecule has 0 aromatic rings. The van der Waals surface area contributed by atoms with Crippen LogP contribution in [-0.4, -0.2) is 84.3 Å². The van der Waals surface area contributed by atoms with Gasteiger partial charge in [0, 0.05) is 0 Å². The van der Waals surface area contributed by atoms with E-state index in [1.165, 1.54) is 0 Å². The van der Waals surface area contributed by atoms with Crippen molar-refractivity contribution in [3.8, 4) is 0 Å². The number of ether oxygens (including phenoxy) is 2. The van der Waals surface area contributed by atoms with Crippen LogP contribution in [0, 0.1) is 0 Å². The number of esters is 2. The van der Waals surface area contributed by atoms with E-state index in [2.05, 4.69) is 9.47 Å². The summed E-state index contributed by atoms with van der Waals surface area (Å²) in [6, 6.07) is 0. The first-order valence-corrected chi connectivity index (χ1v) is 3.06. The van der Waals surface area contributed by atoms with Crippen LogP contribution in [0.1, 0.15) is 13.8 Å². The Bertz CT molecular complexity index is 122. The van der Waals surface area contributed by atoms with Crippen molar-refractivity contribution < 1.29 is 19.1 Å². The number of carbonyl (C=O) groups excluding carboxylic acids is 2. The molecule has 0 atom stereocenters. The van der Waals surface area contributed by atoms with E-state index < -0.39 is 11.9 Å². The van der Waals surface area contributed by atoms with Gasteiger partial charge >= 0.3 is 71.1 Å². The van der Waals surface area contributed by atoms with Crippen LogP contribution in [0.25, 0.3) is 0 Å². The second kappa shape index (κ2) is 11.9. The Kier molecular flexibility index (Phi) is 18.6. The molecule has 0 heterocycles. The third-order valence-electron chi connectivity index (χ3n) is 0.718. The summed E-state index contributed by atoms with van der Waals surface area (Å²) >= 11 is 0. The topological polar surface area (TPSA) is 52.6 Å². The van der Waals surface area contributed by atoms with Gasteiger partial charge in [-0.05, 0) is 13.8 Å². The van der Waals surface area contributed by atoms with Crippen LogP contribution < -0.4 is 0 Å². The van der Waals surface area contributed by atoms with Crippen molar-refractivity contribution in [1.29, 1.82) is 0 Å². The van der Waals surface area contributed by atoms with Crippen LogP contribution in [0.5, 0.6) is 0 Å². The molecule has 0 aliphatic heterocycles. The van der Waals surface area contributed by atoms with E-state index >= 15 is 0 Å². The van der Waals surface area contributed by atoms with Crippen LogP contribution in [0.3, 0.4) is 0 Å². The van der Waals surface area contributed by atoms with Gasteiger partial charge in [-0.15, -0.1) is 0 Å². The van der Waals surface area contributed by atoms with Crippen molar-refractivity contribution in [3.05, 3.63) is 0 Å². The molecular formula is C6H12Na2O4. The first-order valence-electron chi connectivity index (χ1n) is 3.06. The fraction of sp³-hybridized carbons (Fsp3) is 0.667. The van der Waals surface area contributed by atoms with Gasteiger partial charge in [0.15, 0.2) is 0 Å². The summed E-state index contributed by atoms with van der Waals surface area (Å²) in [5.41, 5.74) is 0. The molecule has 0 aromatic carbocycles. The minimum absolute atomic E-state index is 0. The van der Waals surface area contributed by atoms with Crippen molar-refractivity contribution >= 4 is 71.1 Å². The SMILES string of the molecule is CCOC(=O)C(=O)OCC.[NaH].[NaH]. The molecule has 6 heteroatoms. The van der Waals surface area contributed by atoms with E-state index in [-0.39, 0.29) is 72.3 Å². The Morgan fingerprint density at radius 1 is 0.917 bits per heavy atom. The van der Waals surface area contributed by atoms with Gasteiger partial charge in [0.1, 0.15) is 0 Å². The summed E-state index contributed by atoms with van der Waals surface area (Å²) < 4.78 is 8.69. The van der Waals surface area contributed by atoms with Crippen LogP contribution in [0.4, 0.5) is 0 Å². The van der Waals surface area contributed by atoms with E-state index in [1.54, 1.807) is 13.8 Å².